The number of aryl methyl sites for hydroxylation is 1. The zero-order valence-electron chi connectivity index (χ0n) is 14.4. The number of imide groups is 1. The lowest BCUT2D eigenvalue weighted by Gasteiger charge is -2.13. The molecule has 0 saturated carbocycles. The van der Waals surface area contributed by atoms with Crippen LogP contribution in [0.15, 0.2) is 60.7 Å². The first-order chi connectivity index (χ1) is 13.0. The number of nitrogens with one attached hydrogen (secondary N) is 1. The SMILES string of the molecule is Cc1nc(NC(=O)c2ccccc2)sc1C(=O)N(N)C(=O)c1ccccc1. The number of hydrogen-bond acceptors (Lipinski definition) is 6. The molecule has 7 nitrogen and oxygen atoms in total. The van der Waals surface area contributed by atoms with Gasteiger partial charge in [0.05, 0.1) is 5.69 Å². The molecule has 3 rings (SSSR count). The summed E-state index contributed by atoms with van der Waals surface area (Å²) in [5.41, 5.74) is 1.15. The summed E-state index contributed by atoms with van der Waals surface area (Å²) in [5, 5.41) is 3.46. The predicted octanol–water partition coefficient (Wildman–Crippen LogP) is 2.86. The van der Waals surface area contributed by atoms with Crippen molar-refractivity contribution in [3.8, 4) is 0 Å². The summed E-state index contributed by atoms with van der Waals surface area (Å²) in [5.74, 6) is 4.08. The van der Waals surface area contributed by atoms with Crippen molar-refractivity contribution in [2.24, 2.45) is 5.84 Å². The number of nitrogens with two attached hydrogens (primary N) is 1. The van der Waals surface area contributed by atoms with E-state index < -0.39 is 11.8 Å². The standard InChI is InChI=1S/C19H16N4O3S/c1-12-15(18(26)23(20)17(25)14-10-6-3-7-11-14)27-19(21-12)22-16(24)13-8-4-2-5-9-13/h2-11H,20H2,1H3,(H,21,22,24). The van der Waals surface area contributed by atoms with Gasteiger partial charge in [-0.05, 0) is 31.2 Å². The molecule has 0 fully saturated rings. The zero-order chi connectivity index (χ0) is 19.4. The van der Waals surface area contributed by atoms with Gasteiger partial charge in [0.15, 0.2) is 5.13 Å². The normalized spacial score (nSPS) is 10.3. The van der Waals surface area contributed by atoms with Crippen molar-refractivity contribution in [1.29, 1.82) is 0 Å². The molecule has 0 aliphatic heterocycles. The molecular weight excluding hydrogens is 364 g/mol. The fourth-order valence-electron chi connectivity index (χ4n) is 2.33. The van der Waals surface area contributed by atoms with Gasteiger partial charge in [-0.25, -0.2) is 15.8 Å². The van der Waals surface area contributed by atoms with E-state index in [1.54, 1.807) is 67.6 Å². The first-order valence-corrected chi connectivity index (χ1v) is 8.81. The van der Waals surface area contributed by atoms with Crippen LogP contribution in [0.25, 0.3) is 0 Å². The van der Waals surface area contributed by atoms with Gasteiger partial charge in [0.2, 0.25) is 0 Å². The molecule has 2 aromatic carbocycles. The van der Waals surface area contributed by atoms with Crippen LogP contribution < -0.4 is 11.2 Å². The highest BCUT2D eigenvalue weighted by molar-refractivity contribution is 7.17. The molecule has 0 spiro atoms. The van der Waals surface area contributed by atoms with Gasteiger partial charge in [0.1, 0.15) is 4.88 Å². The fraction of sp³-hybridized carbons (Fsp3) is 0.0526. The maximum atomic E-state index is 12.6. The Morgan fingerprint density at radius 1 is 0.926 bits per heavy atom. The molecule has 3 aromatic rings. The molecule has 3 amide bonds. The molecule has 0 aliphatic carbocycles. The van der Waals surface area contributed by atoms with E-state index in [2.05, 4.69) is 10.3 Å². The number of carbonyl (C=O) groups excluding carboxylic acids is 3. The molecule has 0 atom stereocenters. The third-order valence-electron chi connectivity index (χ3n) is 3.71. The Bertz CT molecular complexity index is 987. The number of carbonyl (C=O) groups is 3. The average molecular weight is 380 g/mol. The summed E-state index contributed by atoms with van der Waals surface area (Å²) in [7, 11) is 0. The quantitative estimate of drug-likeness (QED) is 0.313. The van der Waals surface area contributed by atoms with Crippen LogP contribution in [0.2, 0.25) is 0 Å². The largest absolute Gasteiger partial charge is 0.298 e. The summed E-state index contributed by atoms with van der Waals surface area (Å²) in [4.78, 5) is 41.5. The summed E-state index contributed by atoms with van der Waals surface area (Å²) in [6.45, 7) is 1.61. The van der Waals surface area contributed by atoms with Crippen LogP contribution in [0.5, 0.6) is 0 Å². The third kappa shape index (κ3) is 4.08. The van der Waals surface area contributed by atoms with E-state index in [9.17, 15) is 14.4 Å². The third-order valence-corrected chi connectivity index (χ3v) is 4.77. The van der Waals surface area contributed by atoms with Crippen molar-refractivity contribution in [1.82, 2.24) is 9.99 Å². The molecule has 3 N–H and O–H groups in total. The number of nitrogens with zero attached hydrogens (tertiary/aromatic N) is 2. The Labute approximate surface area is 159 Å². The van der Waals surface area contributed by atoms with E-state index in [0.29, 0.717) is 21.8 Å². The molecule has 0 aliphatic rings. The van der Waals surface area contributed by atoms with Crippen LogP contribution in [-0.2, 0) is 0 Å². The maximum absolute atomic E-state index is 12.6. The fourth-order valence-corrected chi connectivity index (χ4v) is 3.23. The van der Waals surface area contributed by atoms with E-state index in [0.717, 1.165) is 11.3 Å². The van der Waals surface area contributed by atoms with Gasteiger partial charge in [0.25, 0.3) is 17.7 Å². The van der Waals surface area contributed by atoms with Gasteiger partial charge in [-0.15, -0.1) is 0 Å². The molecule has 0 radical (unpaired) electrons. The Hall–Kier alpha value is -3.36. The van der Waals surface area contributed by atoms with Gasteiger partial charge in [-0.3, -0.25) is 19.7 Å². The first kappa shape index (κ1) is 18.4. The number of benzene rings is 2. The van der Waals surface area contributed by atoms with E-state index in [1.165, 1.54) is 0 Å². The van der Waals surface area contributed by atoms with Crippen molar-refractivity contribution in [3.05, 3.63) is 82.4 Å². The summed E-state index contributed by atoms with van der Waals surface area (Å²) in [6, 6.07) is 16.9. The van der Waals surface area contributed by atoms with Gasteiger partial charge in [0, 0.05) is 11.1 Å². The molecule has 27 heavy (non-hydrogen) atoms. The highest BCUT2D eigenvalue weighted by Crippen LogP contribution is 2.24. The summed E-state index contributed by atoms with van der Waals surface area (Å²) in [6.07, 6.45) is 0. The minimum absolute atomic E-state index is 0.185. The molecular formula is C19H16N4O3S. The van der Waals surface area contributed by atoms with Crippen molar-refractivity contribution >= 4 is 34.2 Å². The van der Waals surface area contributed by atoms with E-state index in [4.69, 9.17) is 5.84 Å². The molecule has 8 heteroatoms. The van der Waals surface area contributed by atoms with Crippen molar-refractivity contribution < 1.29 is 14.4 Å². The topological polar surface area (TPSA) is 105 Å². The van der Waals surface area contributed by atoms with Gasteiger partial charge >= 0.3 is 0 Å². The smallest absolute Gasteiger partial charge is 0.287 e. The zero-order valence-corrected chi connectivity index (χ0v) is 15.2. The highest BCUT2D eigenvalue weighted by atomic mass is 32.1. The van der Waals surface area contributed by atoms with Crippen LogP contribution in [0.3, 0.4) is 0 Å². The van der Waals surface area contributed by atoms with Gasteiger partial charge in [-0.1, -0.05) is 47.7 Å². The van der Waals surface area contributed by atoms with Crippen LogP contribution in [0.1, 0.15) is 36.1 Å². The number of aromatic nitrogens is 1. The monoisotopic (exact) mass is 380 g/mol. The lowest BCUT2D eigenvalue weighted by Crippen LogP contribution is -2.42. The molecule has 1 heterocycles. The minimum atomic E-state index is -0.681. The summed E-state index contributed by atoms with van der Waals surface area (Å²) < 4.78 is 0. The number of hydrazine groups is 1. The number of rotatable bonds is 4. The highest BCUT2D eigenvalue weighted by Gasteiger charge is 2.25. The Kier molecular flexibility index (Phi) is 5.39. The lowest BCUT2D eigenvalue weighted by molar-refractivity contribution is 0.0617. The Morgan fingerprint density at radius 3 is 2.07 bits per heavy atom. The van der Waals surface area contributed by atoms with Crippen molar-refractivity contribution in [3.63, 3.8) is 0 Å². The van der Waals surface area contributed by atoms with Gasteiger partial charge < -0.3 is 0 Å². The molecule has 0 unspecified atom stereocenters. The molecule has 0 bridgehead atoms. The van der Waals surface area contributed by atoms with Crippen LogP contribution in [0.4, 0.5) is 5.13 Å². The van der Waals surface area contributed by atoms with Crippen molar-refractivity contribution in [2.75, 3.05) is 5.32 Å². The first-order valence-electron chi connectivity index (χ1n) is 7.99. The Balaban J connectivity index is 1.76. The molecule has 0 saturated heterocycles. The van der Waals surface area contributed by atoms with Crippen LogP contribution >= 0.6 is 11.3 Å². The Morgan fingerprint density at radius 2 is 1.48 bits per heavy atom. The molecule has 1 aromatic heterocycles. The second-order valence-electron chi connectivity index (χ2n) is 5.60. The van der Waals surface area contributed by atoms with E-state index in [-0.39, 0.29) is 15.9 Å². The average Bonchev–Trinajstić information content (AvgIpc) is 3.07. The van der Waals surface area contributed by atoms with E-state index >= 15 is 0 Å². The second-order valence-corrected chi connectivity index (χ2v) is 6.60. The van der Waals surface area contributed by atoms with Crippen LogP contribution in [0, 0.1) is 6.92 Å². The molecule has 136 valence electrons. The van der Waals surface area contributed by atoms with E-state index in [1.807, 2.05) is 0 Å². The number of hydrogen-bond donors (Lipinski definition) is 2. The maximum Gasteiger partial charge on any atom is 0.287 e. The van der Waals surface area contributed by atoms with Gasteiger partial charge in [-0.2, -0.15) is 0 Å². The number of amides is 3. The van der Waals surface area contributed by atoms with Crippen molar-refractivity contribution in [2.45, 2.75) is 6.92 Å². The minimum Gasteiger partial charge on any atom is -0.298 e. The van der Waals surface area contributed by atoms with Crippen LogP contribution in [-0.4, -0.2) is 27.7 Å². The number of thiazole rings is 1. The predicted molar refractivity (Wildman–Crippen MR) is 102 cm³/mol. The second kappa shape index (κ2) is 7.90. The number of anilines is 1. The summed E-state index contributed by atoms with van der Waals surface area (Å²) >= 11 is 0.965. The lowest BCUT2D eigenvalue weighted by atomic mass is 10.2.